The van der Waals surface area contributed by atoms with Crippen LogP contribution in [0.4, 0.5) is 29.1 Å². The standard InChI is InChI=1S/C21H19F4N5O/c1-12-18-15(5-14(7-26-18)30-8-20(9-30)10-31-11-20)19(29-28-12)27-6-13-3-2-4-16(17(13)22)21(23,24)25/h2-5,7H,6,8-11H2,1H3,(H,27,29). The third kappa shape index (κ3) is 3.44. The highest BCUT2D eigenvalue weighted by atomic mass is 19.4. The fraction of sp³-hybridized carbons (Fsp3) is 0.381. The van der Waals surface area contributed by atoms with Crippen LogP contribution in [0.2, 0.25) is 0 Å². The topological polar surface area (TPSA) is 63.2 Å². The van der Waals surface area contributed by atoms with E-state index >= 15 is 0 Å². The van der Waals surface area contributed by atoms with Crippen molar-refractivity contribution in [1.82, 2.24) is 15.2 Å². The molecule has 4 heterocycles. The fourth-order valence-corrected chi connectivity index (χ4v) is 4.09. The molecule has 2 aliphatic heterocycles. The van der Waals surface area contributed by atoms with Gasteiger partial charge in [-0.3, -0.25) is 4.98 Å². The van der Waals surface area contributed by atoms with Crippen LogP contribution in [0.15, 0.2) is 30.5 Å². The lowest BCUT2D eigenvalue weighted by atomic mass is 9.78. The highest BCUT2D eigenvalue weighted by Gasteiger charge is 2.49. The number of hydrogen-bond donors (Lipinski definition) is 1. The van der Waals surface area contributed by atoms with Crippen molar-refractivity contribution in [3.8, 4) is 0 Å². The minimum absolute atomic E-state index is 0.107. The first-order chi connectivity index (χ1) is 14.8. The molecule has 0 radical (unpaired) electrons. The van der Waals surface area contributed by atoms with Crippen LogP contribution in [-0.4, -0.2) is 41.5 Å². The van der Waals surface area contributed by atoms with E-state index in [0.717, 1.165) is 38.1 Å². The van der Waals surface area contributed by atoms with Crippen LogP contribution in [-0.2, 0) is 17.5 Å². The van der Waals surface area contributed by atoms with Crippen molar-refractivity contribution in [1.29, 1.82) is 0 Å². The molecule has 6 nitrogen and oxygen atoms in total. The molecule has 31 heavy (non-hydrogen) atoms. The summed E-state index contributed by atoms with van der Waals surface area (Å²) in [5.41, 5.74) is 1.03. The van der Waals surface area contributed by atoms with Gasteiger partial charge >= 0.3 is 6.18 Å². The van der Waals surface area contributed by atoms with Crippen molar-refractivity contribution < 1.29 is 22.3 Å². The number of ether oxygens (including phenoxy) is 1. The number of anilines is 2. The number of nitrogens with one attached hydrogen (secondary N) is 1. The van der Waals surface area contributed by atoms with Crippen LogP contribution in [0.25, 0.3) is 10.9 Å². The maximum absolute atomic E-state index is 14.4. The molecule has 2 aromatic heterocycles. The van der Waals surface area contributed by atoms with E-state index in [1.54, 1.807) is 13.1 Å². The zero-order valence-electron chi connectivity index (χ0n) is 16.6. The third-order valence-electron chi connectivity index (χ3n) is 5.84. The minimum Gasteiger partial charge on any atom is -0.380 e. The average Bonchev–Trinajstić information content (AvgIpc) is 2.65. The highest BCUT2D eigenvalue weighted by Crippen LogP contribution is 2.41. The molecular weight excluding hydrogens is 414 g/mol. The molecule has 10 heteroatoms. The quantitative estimate of drug-likeness (QED) is 0.629. The Kier molecular flexibility index (Phi) is 4.51. The van der Waals surface area contributed by atoms with Crippen LogP contribution >= 0.6 is 0 Å². The van der Waals surface area contributed by atoms with E-state index < -0.39 is 17.6 Å². The Bertz CT molecular complexity index is 1150. The van der Waals surface area contributed by atoms with Crippen molar-refractivity contribution in [3.63, 3.8) is 0 Å². The van der Waals surface area contributed by atoms with E-state index in [1.807, 2.05) is 6.07 Å². The fourth-order valence-electron chi connectivity index (χ4n) is 4.09. The average molecular weight is 433 g/mol. The summed E-state index contributed by atoms with van der Waals surface area (Å²) in [6, 6.07) is 5.15. The number of halogens is 4. The monoisotopic (exact) mass is 433 g/mol. The number of nitrogens with zero attached hydrogens (tertiary/aromatic N) is 4. The SMILES string of the molecule is Cc1nnc(NCc2cccc(C(F)(F)F)c2F)c2cc(N3CC4(COC4)C3)cnc12. The van der Waals surface area contributed by atoms with Crippen LogP contribution in [0.3, 0.4) is 0 Å². The molecule has 3 aromatic rings. The van der Waals surface area contributed by atoms with Crippen molar-refractivity contribution in [2.75, 3.05) is 36.5 Å². The Morgan fingerprint density at radius 1 is 1.19 bits per heavy atom. The van der Waals surface area contributed by atoms with E-state index in [4.69, 9.17) is 4.74 Å². The van der Waals surface area contributed by atoms with E-state index in [0.29, 0.717) is 22.4 Å². The van der Waals surface area contributed by atoms with E-state index in [-0.39, 0.29) is 17.5 Å². The van der Waals surface area contributed by atoms with Gasteiger partial charge in [-0.1, -0.05) is 12.1 Å². The molecule has 1 N–H and O–H groups in total. The molecule has 0 aliphatic carbocycles. The third-order valence-corrected chi connectivity index (χ3v) is 5.84. The van der Waals surface area contributed by atoms with Gasteiger partial charge in [0.1, 0.15) is 5.82 Å². The van der Waals surface area contributed by atoms with Gasteiger partial charge in [0, 0.05) is 30.6 Å². The number of benzene rings is 1. The van der Waals surface area contributed by atoms with Gasteiger partial charge in [-0.25, -0.2) is 4.39 Å². The van der Waals surface area contributed by atoms with E-state index in [2.05, 4.69) is 25.4 Å². The smallest absolute Gasteiger partial charge is 0.380 e. The number of alkyl halides is 3. The summed E-state index contributed by atoms with van der Waals surface area (Å²) in [4.78, 5) is 6.71. The second kappa shape index (κ2) is 7.01. The van der Waals surface area contributed by atoms with Crippen LogP contribution in [0.1, 0.15) is 16.8 Å². The van der Waals surface area contributed by atoms with Crippen LogP contribution in [0.5, 0.6) is 0 Å². The normalized spacial score (nSPS) is 17.5. The second-order valence-electron chi connectivity index (χ2n) is 8.20. The molecule has 0 saturated carbocycles. The van der Waals surface area contributed by atoms with E-state index in [1.165, 1.54) is 12.1 Å². The van der Waals surface area contributed by atoms with Gasteiger partial charge < -0.3 is 15.0 Å². The second-order valence-corrected chi connectivity index (χ2v) is 8.20. The van der Waals surface area contributed by atoms with E-state index in [9.17, 15) is 17.6 Å². The Hall–Kier alpha value is -3.01. The van der Waals surface area contributed by atoms with Gasteiger partial charge in [0.05, 0.1) is 47.3 Å². The Morgan fingerprint density at radius 3 is 2.65 bits per heavy atom. The Morgan fingerprint density at radius 2 is 1.97 bits per heavy atom. The number of pyridine rings is 1. The maximum atomic E-state index is 14.4. The Labute approximate surface area is 175 Å². The van der Waals surface area contributed by atoms with Crippen molar-refractivity contribution in [2.45, 2.75) is 19.6 Å². The number of fused-ring (bicyclic) bond motifs is 1. The lowest BCUT2D eigenvalue weighted by Gasteiger charge is -2.55. The van der Waals surface area contributed by atoms with Gasteiger partial charge in [-0.2, -0.15) is 18.3 Å². The van der Waals surface area contributed by atoms with Gasteiger partial charge in [0.15, 0.2) is 5.82 Å². The lowest BCUT2D eigenvalue weighted by Crippen LogP contribution is -2.66. The molecule has 1 spiro atoms. The molecule has 0 bridgehead atoms. The van der Waals surface area contributed by atoms with Gasteiger partial charge in [-0.05, 0) is 19.1 Å². The minimum atomic E-state index is -4.75. The maximum Gasteiger partial charge on any atom is 0.419 e. The zero-order valence-corrected chi connectivity index (χ0v) is 16.6. The van der Waals surface area contributed by atoms with Crippen molar-refractivity contribution >= 4 is 22.4 Å². The highest BCUT2D eigenvalue weighted by molar-refractivity contribution is 5.92. The summed E-state index contributed by atoms with van der Waals surface area (Å²) < 4.78 is 58.6. The number of aryl methyl sites for hydroxylation is 1. The first kappa shape index (κ1) is 19.9. The van der Waals surface area contributed by atoms with Crippen molar-refractivity contribution in [2.24, 2.45) is 5.41 Å². The first-order valence-corrected chi connectivity index (χ1v) is 9.80. The lowest BCUT2D eigenvalue weighted by molar-refractivity contribution is -0.140. The molecule has 0 amide bonds. The molecular formula is C21H19F4N5O. The summed E-state index contributed by atoms with van der Waals surface area (Å²) >= 11 is 0. The number of rotatable bonds is 4. The first-order valence-electron chi connectivity index (χ1n) is 9.80. The molecule has 2 aliphatic rings. The summed E-state index contributed by atoms with van der Waals surface area (Å²) in [6.45, 7) is 4.92. The van der Waals surface area contributed by atoms with Gasteiger partial charge in [0.25, 0.3) is 0 Å². The van der Waals surface area contributed by atoms with Gasteiger partial charge in [-0.15, -0.1) is 5.10 Å². The summed E-state index contributed by atoms with van der Waals surface area (Å²) in [5, 5.41) is 11.8. The van der Waals surface area contributed by atoms with Crippen LogP contribution < -0.4 is 10.2 Å². The molecule has 0 atom stereocenters. The number of aromatic nitrogens is 3. The summed E-state index contributed by atoms with van der Waals surface area (Å²) in [7, 11) is 0. The Balaban J connectivity index is 1.42. The summed E-state index contributed by atoms with van der Waals surface area (Å²) in [6.07, 6.45) is -2.98. The largest absolute Gasteiger partial charge is 0.419 e. The molecule has 5 rings (SSSR count). The van der Waals surface area contributed by atoms with Gasteiger partial charge in [0.2, 0.25) is 0 Å². The molecule has 2 fully saturated rings. The molecule has 1 aromatic carbocycles. The zero-order chi connectivity index (χ0) is 21.8. The van der Waals surface area contributed by atoms with Crippen LogP contribution in [0, 0.1) is 18.2 Å². The number of hydrogen-bond acceptors (Lipinski definition) is 6. The predicted octanol–water partition coefficient (Wildman–Crippen LogP) is 3.94. The molecule has 162 valence electrons. The predicted molar refractivity (Wildman–Crippen MR) is 106 cm³/mol. The molecule has 2 saturated heterocycles. The summed E-state index contributed by atoms with van der Waals surface area (Å²) in [5.74, 6) is -0.951. The van der Waals surface area contributed by atoms with Crippen molar-refractivity contribution in [3.05, 3.63) is 53.1 Å². The molecule has 0 unspecified atom stereocenters.